The van der Waals surface area contributed by atoms with Gasteiger partial charge in [0.1, 0.15) is 9.84 Å². The quantitative estimate of drug-likeness (QED) is 0.777. The number of rotatable bonds is 6. The average Bonchev–Trinajstić information content (AvgIpc) is 2.30. The van der Waals surface area contributed by atoms with Gasteiger partial charge in [-0.1, -0.05) is 23.2 Å². The molecule has 0 amide bonds. The lowest BCUT2D eigenvalue weighted by Gasteiger charge is -2.11. The number of carbonyl (C=O) groups is 1. The van der Waals surface area contributed by atoms with Gasteiger partial charge in [-0.15, -0.1) is 0 Å². The fourth-order valence-electron chi connectivity index (χ4n) is 1.26. The zero-order valence-corrected chi connectivity index (χ0v) is 13.8. The molecule has 2 N–H and O–H groups in total. The molecule has 0 fully saturated rings. The summed E-state index contributed by atoms with van der Waals surface area (Å²) in [5.74, 6) is -2.51. The van der Waals surface area contributed by atoms with E-state index in [0.717, 1.165) is 18.4 Å². The van der Waals surface area contributed by atoms with Crippen LogP contribution in [0.25, 0.3) is 0 Å². The van der Waals surface area contributed by atoms with E-state index in [4.69, 9.17) is 28.3 Å². The first-order chi connectivity index (χ1) is 9.41. The van der Waals surface area contributed by atoms with Crippen molar-refractivity contribution >= 4 is 54.7 Å². The minimum atomic E-state index is -3.99. The maximum absolute atomic E-state index is 11.8. The van der Waals surface area contributed by atoms with Gasteiger partial charge < -0.3 is 5.11 Å². The predicted molar refractivity (Wildman–Crippen MR) is 80.5 cm³/mol. The summed E-state index contributed by atoms with van der Waals surface area (Å²) < 4.78 is 47.5. The number of carboxylic acid groups (broad SMARTS) is 1. The Bertz CT molecular complexity index is 750. The predicted octanol–water partition coefficient (Wildman–Crippen LogP) is 1.48. The van der Waals surface area contributed by atoms with Crippen molar-refractivity contribution in [2.75, 3.05) is 22.5 Å². The van der Waals surface area contributed by atoms with Crippen molar-refractivity contribution in [1.29, 1.82) is 0 Å². The first-order valence-electron chi connectivity index (χ1n) is 5.32. The molecule has 0 aromatic heterocycles. The van der Waals surface area contributed by atoms with Crippen LogP contribution in [0.3, 0.4) is 0 Å². The number of anilines is 1. The third-order valence-electron chi connectivity index (χ3n) is 2.27. The molecule has 1 rings (SSSR count). The summed E-state index contributed by atoms with van der Waals surface area (Å²) in [7, 11) is -7.44. The van der Waals surface area contributed by atoms with Crippen molar-refractivity contribution in [3.05, 3.63) is 27.7 Å². The van der Waals surface area contributed by atoms with Crippen molar-refractivity contribution in [2.45, 2.75) is 0 Å². The van der Waals surface area contributed by atoms with E-state index in [2.05, 4.69) is 0 Å². The maximum atomic E-state index is 11.8. The molecule has 1 aromatic carbocycles. The molecular formula is C10H11Cl2NO6S2. The van der Waals surface area contributed by atoms with Gasteiger partial charge in [0, 0.05) is 6.26 Å². The molecule has 0 aliphatic carbocycles. The third-order valence-corrected chi connectivity index (χ3v) is 5.33. The fraction of sp³-hybridized carbons (Fsp3) is 0.300. The van der Waals surface area contributed by atoms with E-state index in [1.165, 1.54) is 0 Å². The molecule has 21 heavy (non-hydrogen) atoms. The van der Waals surface area contributed by atoms with Crippen molar-refractivity contribution in [1.82, 2.24) is 0 Å². The van der Waals surface area contributed by atoms with Gasteiger partial charge in [0.05, 0.1) is 32.8 Å². The van der Waals surface area contributed by atoms with Crippen LogP contribution in [0, 0.1) is 0 Å². The molecule has 0 unspecified atom stereocenters. The standard InChI is InChI=1S/C10H11Cl2NO6S2/c1-20(16,17)2-3-21(18,19)13-9-7(11)4-6(10(14)15)5-8(9)12/h4-5,13H,2-3H2,1H3,(H,14,15). The number of hydrogen-bond acceptors (Lipinski definition) is 5. The molecule has 0 heterocycles. The summed E-state index contributed by atoms with van der Waals surface area (Å²) in [5, 5.41) is 8.40. The van der Waals surface area contributed by atoms with Gasteiger partial charge in [0.25, 0.3) is 0 Å². The highest BCUT2D eigenvalue weighted by molar-refractivity contribution is 7.95. The number of halogens is 2. The lowest BCUT2D eigenvalue weighted by Crippen LogP contribution is -2.22. The third kappa shape index (κ3) is 5.70. The molecule has 0 bridgehead atoms. The first-order valence-corrected chi connectivity index (χ1v) is 9.79. The summed E-state index contributed by atoms with van der Waals surface area (Å²) in [4.78, 5) is 10.8. The largest absolute Gasteiger partial charge is 0.478 e. The van der Waals surface area contributed by atoms with E-state index in [-0.39, 0.29) is 21.3 Å². The van der Waals surface area contributed by atoms with Crippen molar-refractivity contribution < 1.29 is 26.7 Å². The molecule has 11 heteroatoms. The topological polar surface area (TPSA) is 118 Å². The Balaban J connectivity index is 3.05. The van der Waals surface area contributed by atoms with Gasteiger partial charge in [-0.3, -0.25) is 4.72 Å². The average molecular weight is 376 g/mol. The molecule has 0 aliphatic rings. The van der Waals surface area contributed by atoms with Crippen LogP contribution >= 0.6 is 23.2 Å². The van der Waals surface area contributed by atoms with Gasteiger partial charge >= 0.3 is 5.97 Å². The van der Waals surface area contributed by atoms with Crippen LogP contribution in [0.2, 0.25) is 10.0 Å². The number of nitrogens with one attached hydrogen (secondary N) is 1. The van der Waals surface area contributed by atoms with Gasteiger partial charge in [-0.05, 0) is 12.1 Å². The Labute approximate surface area is 131 Å². The van der Waals surface area contributed by atoms with Crippen molar-refractivity contribution in [2.24, 2.45) is 0 Å². The smallest absolute Gasteiger partial charge is 0.335 e. The van der Waals surface area contributed by atoms with Crippen LogP contribution in [-0.2, 0) is 19.9 Å². The molecule has 0 atom stereocenters. The van der Waals surface area contributed by atoms with E-state index < -0.39 is 37.3 Å². The summed E-state index contributed by atoms with van der Waals surface area (Å²) in [5.41, 5.74) is -0.402. The number of carboxylic acids is 1. The Morgan fingerprint density at radius 2 is 1.62 bits per heavy atom. The Hall–Kier alpha value is -1.03. The van der Waals surface area contributed by atoms with Gasteiger partial charge in [0.2, 0.25) is 10.0 Å². The lowest BCUT2D eigenvalue weighted by molar-refractivity contribution is 0.0697. The number of aromatic carboxylic acids is 1. The second-order valence-electron chi connectivity index (χ2n) is 4.17. The van der Waals surface area contributed by atoms with Crippen LogP contribution < -0.4 is 4.72 Å². The normalized spacial score (nSPS) is 12.1. The molecule has 0 saturated carbocycles. The number of sulfone groups is 1. The second-order valence-corrected chi connectivity index (χ2v) is 9.09. The van der Waals surface area contributed by atoms with Crippen LogP contribution in [0.4, 0.5) is 5.69 Å². The SMILES string of the molecule is CS(=O)(=O)CCS(=O)(=O)Nc1c(Cl)cc(C(=O)O)cc1Cl. The Morgan fingerprint density at radius 1 is 1.14 bits per heavy atom. The van der Waals surface area contributed by atoms with Crippen molar-refractivity contribution in [3.8, 4) is 0 Å². The minimum Gasteiger partial charge on any atom is -0.478 e. The monoisotopic (exact) mass is 375 g/mol. The Morgan fingerprint density at radius 3 is 2.00 bits per heavy atom. The van der Waals surface area contributed by atoms with Gasteiger partial charge in [-0.2, -0.15) is 0 Å². The first kappa shape index (κ1) is 18.0. The van der Waals surface area contributed by atoms with Gasteiger partial charge in [-0.25, -0.2) is 21.6 Å². The highest BCUT2D eigenvalue weighted by Gasteiger charge is 2.19. The zero-order valence-electron chi connectivity index (χ0n) is 10.6. The minimum absolute atomic E-state index is 0.197. The van der Waals surface area contributed by atoms with E-state index in [1.54, 1.807) is 0 Å². The zero-order chi connectivity index (χ0) is 16.4. The van der Waals surface area contributed by atoms with Crippen LogP contribution in [0.5, 0.6) is 0 Å². The van der Waals surface area contributed by atoms with Crippen molar-refractivity contribution in [3.63, 3.8) is 0 Å². The van der Waals surface area contributed by atoms with E-state index in [1.807, 2.05) is 4.72 Å². The number of sulfonamides is 1. The van der Waals surface area contributed by atoms with Gasteiger partial charge in [0.15, 0.2) is 0 Å². The number of hydrogen-bond donors (Lipinski definition) is 2. The molecule has 0 spiro atoms. The second kappa shape index (κ2) is 6.39. The highest BCUT2D eigenvalue weighted by atomic mass is 35.5. The van der Waals surface area contributed by atoms with E-state index in [0.29, 0.717) is 0 Å². The Kier molecular flexibility index (Phi) is 5.48. The fourth-order valence-corrected chi connectivity index (χ4v) is 4.68. The molecule has 1 aromatic rings. The number of benzene rings is 1. The molecule has 118 valence electrons. The molecule has 0 aliphatic heterocycles. The molecule has 7 nitrogen and oxygen atoms in total. The van der Waals surface area contributed by atoms with Crippen LogP contribution in [0.1, 0.15) is 10.4 Å². The maximum Gasteiger partial charge on any atom is 0.335 e. The molecule has 0 radical (unpaired) electrons. The van der Waals surface area contributed by atoms with E-state index in [9.17, 15) is 21.6 Å². The highest BCUT2D eigenvalue weighted by Crippen LogP contribution is 2.32. The lowest BCUT2D eigenvalue weighted by atomic mass is 10.2. The van der Waals surface area contributed by atoms with Crippen LogP contribution in [0.15, 0.2) is 12.1 Å². The van der Waals surface area contributed by atoms with E-state index >= 15 is 0 Å². The summed E-state index contributed by atoms with van der Waals surface area (Å²) in [6.45, 7) is 0. The molecule has 0 saturated heterocycles. The van der Waals surface area contributed by atoms with Crippen LogP contribution in [-0.4, -0.2) is 45.7 Å². The molecular weight excluding hydrogens is 365 g/mol. The summed E-state index contributed by atoms with van der Waals surface area (Å²) in [6, 6.07) is 2.06. The summed E-state index contributed by atoms with van der Waals surface area (Å²) in [6.07, 6.45) is 0.907. The summed E-state index contributed by atoms with van der Waals surface area (Å²) >= 11 is 11.6.